The Labute approximate surface area is 136 Å². The van der Waals surface area contributed by atoms with Crippen molar-refractivity contribution in [3.8, 4) is 0 Å². The quantitative estimate of drug-likeness (QED) is 0.838. The van der Waals surface area contributed by atoms with Crippen LogP contribution in [-0.4, -0.2) is 17.2 Å². The Morgan fingerprint density at radius 3 is 2.59 bits per heavy atom. The van der Waals surface area contributed by atoms with Gasteiger partial charge in [0.2, 0.25) is 0 Å². The van der Waals surface area contributed by atoms with Crippen molar-refractivity contribution in [1.82, 2.24) is 5.32 Å². The van der Waals surface area contributed by atoms with E-state index >= 15 is 0 Å². The van der Waals surface area contributed by atoms with Gasteiger partial charge in [-0.3, -0.25) is 4.79 Å². The zero-order chi connectivity index (χ0) is 15.9. The highest BCUT2D eigenvalue weighted by atomic mass is 35.5. The molecule has 0 fully saturated rings. The largest absolute Gasteiger partial charge is 0.481 e. The maximum absolute atomic E-state index is 11.9. The summed E-state index contributed by atoms with van der Waals surface area (Å²) in [7, 11) is 0. The van der Waals surface area contributed by atoms with Crippen LogP contribution >= 0.6 is 22.9 Å². The molecule has 22 heavy (non-hydrogen) atoms. The predicted octanol–water partition coefficient (Wildman–Crippen LogP) is 3.84. The van der Waals surface area contributed by atoms with Crippen LogP contribution in [0, 0.1) is 0 Å². The van der Waals surface area contributed by atoms with Gasteiger partial charge in [-0.15, -0.1) is 11.3 Å². The minimum Gasteiger partial charge on any atom is -0.481 e. The predicted molar refractivity (Wildman–Crippen MR) is 84.1 cm³/mol. The summed E-state index contributed by atoms with van der Waals surface area (Å²) in [5.41, 5.74) is 0.849. The van der Waals surface area contributed by atoms with E-state index in [1.54, 1.807) is 11.4 Å². The number of hydrogen-bond acceptors (Lipinski definition) is 4. The number of carboxylic acid groups (broad SMARTS) is 1. The number of carbonyl (C=O) groups is 2. The molecule has 0 bridgehead atoms. The fraction of sp³-hybridized carbons (Fsp3) is 0.200. The van der Waals surface area contributed by atoms with Crippen LogP contribution in [0.25, 0.3) is 0 Å². The summed E-state index contributed by atoms with van der Waals surface area (Å²) in [5, 5.41) is 13.7. The Bertz CT molecular complexity index is 644. The molecule has 2 aromatic rings. The maximum Gasteiger partial charge on any atom is 0.407 e. The van der Waals surface area contributed by atoms with Crippen LogP contribution in [-0.2, 0) is 16.1 Å². The Morgan fingerprint density at radius 1 is 1.27 bits per heavy atom. The molecule has 2 N–H and O–H groups in total. The standard InChI is InChI=1S/C15H14ClNO4S/c16-11-6-7-22-14(11)12(8-13(18)19)17-15(20)21-9-10-4-2-1-3-5-10/h1-7,12H,8-9H2,(H,17,20)(H,18,19)/t12-/m0/s1. The third-order valence-corrected chi connectivity index (χ3v) is 4.32. The molecule has 0 spiro atoms. The first-order valence-electron chi connectivity index (χ1n) is 6.48. The van der Waals surface area contributed by atoms with Crippen molar-refractivity contribution in [2.24, 2.45) is 0 Å². The summed E-state index contributed by atoms with van der Waals surface area (Å²) < 4.78 is 5.10. The number of carbonyl (C=O) groups excluding carboxylic acids is 1. The summed E-state index contributed by atoms with van der Waals surface area (Å²) >= 11 is 7.29. The highest BCUT2D eigenvalue weighted by molar-refractivity contribution is 7.10. The first-order valence-corrected chi connectivity index (χ1v) is 7.74. The van der Waals surface area contributed by atoms with Crippen LogP contribution in [0.5, 0.6) is 0 Å². The van der Waals surface area contributed by atoms with E-state index in [2.05, 4.69) is 5.32 Å². The molecule has 0 radical (unpaired) electrons. The molecule has 7 heteroatoms. The molecular weight excluding hydrogens is 326 g/mol. The average molecular weight is 340 g/mol. The monoisotopic (exact) mass is 339 g/mol. The van der Waals surface area contributed by atoms with Gasteiger partial charge in [-0.2, -0.15) is 0 Å². The minimum atomic E-state index is -1.03. The molecular formula is C15H14ClNO4S. The molecule has 0 aliphatic heterocycles. The van der Waals surface area contributed by atoms with E-state index in [1.165, 1.54) is 11.3 Å². The number of benzene rings is 1. The SMILES string of the molecule is O=C(O)C[C@H](NC(=O)OCc1ccccc1)c1sccc1Cl. The summed E-state index contributed by atoms with van der Waals surface area (Å²) in [6.07, 6.45) is -0.944. The second-order valence-electron chi connectivity index (χ2n) is 4.49. The zero-order valence-corrected chi connectivity index (χ0v) is 13.1. The normalized spacial score (nSPS) is 11.7. The topological polar surface area (TPSA) is 75.6 Å². The third-order valence-electron chi connectivity index (χ3n) is 2.84. The van der Waals surface area contributed by atoms with Gasteiger partial charge in [-0.25, -0.2) is 4.79 Å². The van der Waals surface area contributed by atoms with Gasteiger partial charge in [-0.1, -0.05) is 41.9 Å². The van der Waals surface area contributed by atoms with E-state index in [0.717, 1.165) is 5.56 Å². The Hall–Kier alpha value is -2.05. The molecule has 1 amide bonds. The molecule has 1 atom stereocenters. The van der Waals surface area contributed by atoms with Crippen LogP contribution in [0.1, 0.15) is 22.9 Å². The minimum absolute atomic E-state index is 0.116. The first kappa shape index (κ1) is 16.3. The molecule has 5 nitrogen and oxygen atoms in total. The van der Waals surface area contributed by atoms with Crippen molar-refractivity contribution in [2.75, 3.05) is 0 Å². The van der Waals surface area contributed by atoms with Crippen LogP contribution < -0.4 is 5.32 Å². The van der Waals surface area contributed by atoms with Gasteiger partial charge in [0.15, 0.2) is 0 Å². The number of alkyl carbamates (subject to hydrolysis) is 1. The van der Waals surface area contributed by atoms with Crippen molar-refractivity contribution in [3.05, 3.63) is 57.2 Å². The number of halogens is 1. The van der Waals surface area contributed by atoms with Crippen LogP contribution in [0.2, 0.25) is 5.02 Å². The summed E-state index contributed by atoms with van der Waals surface area (Å²) in [6.45, 7) is 0.116. The molecule has 1 aromatic heterocycles. The van der Waals surface area contributed by atoms with Crippen molar-refractivity contribution < 1.29 is 19.4 Å². The Kier molecular flexibility index (Phi) is 5.80. The molecule has 0 saturated heterocycles. The van der Waals surface area contributed by atoms with Gasteiger partial charge in [0, 0.05) is 4.88 Å². The lowest BCUT2D eigenvalue weighted by atomic mass is 10.2. The van der Waals surface area contributed by atoms with Crippen LogP contribution in [0.15, 0.2) is 41.8 Å². The zero-order valence-electron chi connectivity index (χ0n) is 11.5. The second-order valence-corrected chi connectivity index (χ2v) is 5.84. The smallest absolute Gasteiger partial charge is 0.407 e. The summed E-state index contributed by atoms with van der Waals surface area (Å²) in [4.78, 5) is 23.4. The van der Waals surface area contributed by atoms with E-state index in [1.807, 2.05) is 30.3 Å². The average Bonchev–Trinajstić information content (AvgIpc) is 2.91. The molecule has 1 aromatic carbocycles. The van der Waals surface area contributed by atoms with Crippen LogP contribution in [0.4, 0.5) is 4.79 Å². The van der Waals surface area contributed by atoms with Gasteiger partial charge < -0.3 is 15.2 Å². The number of amides is 1. The number of carboxylic acids is 1. The van der Waals surface area contributed by atoms with Gasteiger partial charge in [0.1, 0.15) is 6.61 Å². The molecule has 0 aliphatic carbocycles. The van der Waals surface area contributed by atoms with Crippen molar-refractivity contribution in [3.63, 3.8) is 0 Å². The van der Waals surface area contributed by atoms with Crippen LogP contribution in [0.3, 0.4) is 0 Å². The van der Waals surface area contributed by atoms with Gasteiger partial charge >= 0.3 is 12.1 Å². The van der Waals surface area contributed by atoms with Gasteiger partial charge in [0.25, 0.3) is 0 Å². The lowest BCUT2D eigenvalue weighted by Gasteiger charge is -2.16. The van der Waals surface area contributed by atoms with E-state index in [9.17, 15) is 9.59 Å². The second kappa shape index (κ2) is 7.82. The molecule has 0 unspecified atom stereocenters. The number of ether oxygens (including phenoxy) is 1. The summed E-state index contributed by atoms with van der Waals surface area (Å²) in [5.74, 6) is -1.03. The van der Waals surface area contributed by atoms with Gasteiger partial charge in [0.05, 0.1) is 17.5 Å². The molecule has 0 aliphatic rings. The van der Waals surface area contributed by atoms with E-state index < -0.39 is 18.1 Å². The number of aliphatic carboxylic acids is 1. The number of hydrogen-bond donors (Lipinski definition) is 2. The van der Waals surface area contributed by atoms with E-state index in [0.29, 0.717) is 9.90 Å². The highest BCUT2D eigenvalue weighted by Gasteiger charge is 2.22. The van der Waals surface area contributed by atoms with Crippen molar-refractivity contribution in [1.29, 1.82) is 0 Å². The molecule has 0 saturated carbocycles. The number of thiophene rings is 1. The fourth-order valence-corrected chi connectivity index (χ4v) is 3.09. The maximum atomic E-state index is 11.9. The Balaban J connectivity index is 1.96. The molecule has 1 heterocycles. The molecule has 116 valence electrons. The lowest BCUT2D eigenvalue weighted by Crippen LogP contribution is -2.30. The summed E-state index contributed by atoms with van der Waals surface area (Å²) in [6, 6.07) is 10.2. The number of nitrogens with one attached hydrogen (secondary N) is 1. The van der Waals surface area contributed by atoms with Crippen molar-refractivity contribution in [2.45, 2.75) is 19.1 Å². The van der Waals surface area contributed by atoms with E-state index in [4.69, 9.17) is 21.4 Å². The van der Waals surface area contributed by atoms with Crippen molar-refractivity contribution >= 4 is 35.0 Å². The van der Waals surface area contributed by atoms with E-state index in [-0.39, 0.29) is 13.0 Å². The Morgan fingerprint density at radius 2 is 2.00 bits per heavy atom. The lowest BCUT2D eigenvalue weighted by molar-refractivity contribution is -0.137. The van der Waals surface area contributed by atoms with Gasteiger partial charge in [-0.05, 0) is 17.0 Å². The molecule has 2 rings (SSSR count). The highest BCUT2D eigenvalue weighted by Crippen LogP contribution is 2.30. The third kappa shape index (κ3) is 4.75. The number of rotatable bonds is 6. The first-order chi connectivity index (χ1) is 10.6. The fourth-order valence-electron chi connectivity index (χ4n) is 1.85.